The number of aryl methyl sites for hydroxylation is 1. The Balaban J connectivity index is 2.56. The highest BCUT2D eigenvalue weighted by molar-refractivity contribution is 7.98. The van der Waals surface area contributed by atoms with Gasteiger partial charge in [0.15, 0.2) is 0 Å². The van der Waals surface area contributed by atoms with Crippen molar-refractivity contribution in [3.63, 3.8) is 0 Å². The molecule has 0 saturated heterocycles. The summed E-state index contributed by atoms with van der Waals surface area (Å²) in [5.41, 5.74) is 2.73. The Hall–Kier alpha value is -1.47. The van der Waals surface area contributed by atoms with Gasteiger partial charge < -0.3 is 4.57 Å². The van der Waals surface area contributed by atoms with Gasteiger partial charge in [-0.3, -0.25) is 0 Å². The highest BCUT2D eigenvalue weighted by Gasteiger charge is 2.13. The summed E-state index contributed by atoms with van der Waals surface area (Å²) in [4.78, 5) is 4.68. The Kier molecular flexibility index (Phi) is 3.93. The second kappa shape index (κ2) is 5.45. The van der Waals surface area contributed by atoms with E-state index in [1.165, 1.54) is 0 Å². The van der Waals surface area contributed by atoms with E-state index in [9.17, 15) is 0 Å². The molecule has 0 spiro atoms. The zero-order valence-corrected chi connectivity index (χ0v) is 11.8. The molecule has 2 aromatic rings. The number of imidazole rings is 1. The van der Waals surface area contributed by atoms with Crippen molar-refractivity contribution in [2.45, 2.75) is 26.3 Å². The van der Waals surface area contributed by atoms with Crippen molar-refractivity contribution < 1.29 is 0 Å². The first-order valence-corrected chi connectivity index (χ1v) is 7.46. The molecule has 0 fully saturated rings. The molecule has 1 aromatic carbocycles. The summed E-state index contributed by atoms with van der Waals surface area (Å²) in [6.07, 6.45) is 3.08. The number of aromatic nitrogens is 2. The Morgan fingerprint density at radius 3 is 2.83 bits per heavy atom. The van der Waals surface area contributed by atoms with E-state index in [4.69, 9.17) is 5.26 Å². The molecule has 0 aliphatic rings. The molecule has 0 unspecified atom stereocenters. The standard InChI is InChI=1S/C14H17N3S/c1-10(2)17-13-5-4-11(9-15)8-12(13)16-14(17)6-7-18-3/h4-5,8,10H,6-7H2,1-3H3. The summed E-state index contributed by atoms with van der Waals surface area (Å²) < 4.78 is 2.27. The number of fused-ring (bicyclic) bond motifs is 1. The van der Waals surface area contributed by atoms with Gasteiger partial charge in [0.25, 0.3) is 0 Å². The third-order valence-electron chi connectivity index (χ3n) is 2.94. The number of nitriles is 1. The molecule has 2 rings (SSSR count). The molecule has 18 heavy (non-hydrogen) atoms. The number of hydrogen-bond donors (Lipinski definition) is 0. The van der Waals surface area contributed by atoms with Crippen LogP contribution in [0.1, 0.15) is 31.3 Å². The van der Waals surface area contributed by atoms with Crippen LogP contribution in [0, 0.1) is 11.3 Å². The second-order valence-electron chi connectivity index (χ2n) is 4.55. The Morgan fingerprint density at radius 2 is 2.22 bits per heavy atom. The summed E-state index contributed by atoms with van der Waals surface area (Å²) in [7, 11) is 0. The molecular weight excluding hydrogens is 242 g/mol. The topological polar surface area (TPSA) is 41.6 Å². The maximum Gasteiger partial charge on any atom is 0.110 e. The fourth-order valence-corrected chi connectivity index (χ4v) is 2.55. The van der Waals surface area contributed by atoms with Crippen LogP contribution >= 0.6 is 11.8 Å². The lowest BCUT2D eigenvalue weighted by molar-refractivity contribution is 0.589. The molecule has 0 N–H and O–H groups in total. The minimum atomic E-state index is 0.389. The zero-order valence-electron chi connectivity index (χ0n) is 11.0. The second-order valence-corrected chi connectivity index (χ2v) is 5.54. The number of hydrogen-bond acceptors (Lipinski definition) is 3. The summed E-state index contributed by atoms with van der Waals surface area (Å²) in [6.45, 7) is 4.34. The van der Waals surface area contributed by atoms with Crippen LogP contribution in [0.3, 0.4) is 0 Å². The number of thioether (sulfide) groups is 1. The Bertz CT molecular complexity index is 593. The van der Waals surface area contributed by atoms with Gasteiger partial charge in [0.2, 0.25) is 0 Å². The first kappa shape index (κ1) is 13.0. The van der Waals surface area contributed by atoms with Gasteiger partial charge in [0.05, 0.1) is 22.7 Å². The summed E-state index contributed by atoms with van der Waals surface area (Å²) in [5.74, 6) is 2.19. The van der Waals surface area contributed by atoms with E-state index in [0.717, 1.165) is 29.0 Å². The molecule has 0 atom stereocenters. The Labute approximate surface area is 112 Å². The van der Waals surface area contributed by atoms with Crippen molar-refractivity contribution in [2.75, 3.05) is 12.0 Å². The van der Waals surface area contributed by atoms with Gasteiger partial charge >= 0.3 is 0 Å². The molecule has 0 radical (unpaired) electrons. The smallest absolute Gasteiger partial charge is 0.110 e. The molecule has 3 nitrogen and oxygen atoms in total. The number of nitrogens with zero attached hydrogens (tertiary/aromatic N) is 3. The van der Waals surface area contributed by atoms with Gasteiger partial charge in [0.1, 0.15) is 5.82 Å². The largest absolute Gasteiger partial charge is 0.325 e. The van der Waals surface area contributed by atoms with E-state index in [2.05, 4.69) is 35.7 Å². The average Bonchev–Trinajstić information content (AvgIpc) is 2.73. The highest BCUT2D eigenvalue weighted by atomic mass is 32.2. The molecule has 0 amide bonds. The first-order valence-electron chi connectivity index (χ1n) is 6.07. The molecule has 94 valence electrons. The Morgan fingerprint density at radius 1 is 1.44 bits per heavy atom. The lowest BCUT2D eigenvalue weighted by Gasteiger charge is -2.12. The molecule has 0 bridgehead atoms. The van der Waals surface area contributed by atoms with Gasteiger partial charge in [0, 0.05) is 18.2 Å². The van der Waals surface area contributed by atoms with Crippen molar-refractivity contribution in [1.29, 1.82) is 5.26 Å². The van der Waals surface area contributed by atoms with E-state index in [1.807, 2.05) is 30.0 Å². The van der Waals surface area contributed by atoms with Crippen molar-refractivity contribution >= 4 is 22.8 Å². The summed E-state index contributed by atoms with van der Waals surface area (Å²) >= 11 is 1.83. The summed E-state index contributed by atoms with van der Waals surface area (Å²) in [5, 5.41) is 8.94. The SMILES string of the molecule is CSCCc1nc2cc(C#N)ccc2n1C(C)C. The third-order valence-corrected chi connectivity index (χ3v) is 3.55. The normalized spacial score (nSPS) is 11.1. The van der Waals surface area contributed by atoms with Crippen molar-refractivity contribution in [3.05, 3.63) is 29.6 Å². The van der Waals surface area contributed by atoms with E-state index >= 15 is 0 Å². The van der Waals surface area contributed by atoms with E-state index in [1.54, 1.807) is 0 Å². The lowest BCUT2D eigenvalue weighted by Crippen LogP contribution is -2.07. The maximum atomic E-state index is 8.94. The highest BCUT2D eigenvalue weighted by Crippen LogP contribution is 2.22. The predicted molar refractivity (Wildman–Crippen MR) is 76.9 cm³/mol. The maximum absolute atomic E-state index is 8.94. The van der Waals surface area contributed by atoms with Crippen molar-refractivity contribution in [3.8, 4) is 6.07 Å². The van der Waals surface area contributed by atoms with Gasteiger partial charge in [-0.05, 0) is 38.3 Å². The number of benzene rings is 1. The van der Waals surface area contributed by atoms with Crippen LogP contribution in [0.15, 0.2) is 18.2 Å². The zero-order chi connectivity index (χ0) is 13.1. The lowest BCUT2D eigenvalue weighted by atomic mass is 10.2. The minimum absolute atomic E-state index is 0.389. The van der Waals surface area contributed by atoms with Gasteiger partial charge in [-0.2, -0.15) is 17.0 Å². The van der Waals surface area contributed by atoms with Crippen LogP contribution in [0.5, 0.6) is 0 Å². The first-order chi connectivity index (χ1) is 8.67. The van der Waals surface area contributed by atoms with E-state index in [-0.39, 0.29) is 0 Å². The predicted octanol–water partition coefficient (Wildman–Crippen LogP) is 3.39. The molecule has 0 aliphatic carbocycles. The van der Waals surface area contributed by atoms with Gasteiger partial charge in [-0.25, -0.2) is 4.98 Å². The van der Waals surface area contributed by atoms with Crippen LogP contribution in [-0.2, 0) is 6.42 Å². The molecular formula is C14H17N3S. The van der Waals surface area contributed by atoms with Crippen LogP contribution < -0.4 is 0 Å². The van der Waals surface area contributed by atoms with Crippen LogP contribution in [0.2, 0.25) is 0 Å². The third kappa shape index (κ3) is 2.37. The fourth-order valence-electron chi connectivity index (χ4n) is 2.16. The fraction of sp³-hybridized carbons (Fsp3) is 0.429. The summed E-state index contributed by atoms with van der Waals surface area (Å²) in [6, 6.07) is 8.29. The van der Waals surface area contributed by atoms with Crippen LogP contribution in [-0.4, -0.2) is 21.6 Å². The molecule has 0 aliphatic heterocycles. The van der Waals surface area contributed by atoms with Crippen LogP contribution in [0.4, 0.5) is 0 Å². The van der Waals surface area contributed by atoms with Crippen molar-refractivity contribution in [2.24, 2.45) is 0 Å². The van der Waals surface area contributed by atoms with Crippen molar-refractivity contribution in [1.82, 2.24) is 9.55 Å². The monoisotopic (exact) mass is 259 g/mol. The van der Waals surface area contributed by atoms with E-state index in [0.29, 0.717) is 11.6 Å². The van der Waals surface area contributed by atoms with Gasteiger partial charge in [-0.15, -0.1) is 0 Å². The van der Waals surface area contributed by atoms with E-state index < -0.39 is 0 Å². The molecule has 1 aromatic heterocycles. The number of rotatable bonds is 4. The average molecular weight is 259 g/mol. The minimum Gasteiger partial charge on any atom is -0.325 e. The molecule has 1 heterocycles. The quantitative estimate of drug-likeness (QED) is 0.845. The molecule has 0 saturated carbocycles. The van der Waals surface area contributed by atoms with Crippen LogP contribution in [0.25, 0.3) is 11.0 Å². The molecule has 4 heteroatoms. The van der Waals surface area contributed by atoms with Gasteiger partial charge in [-0.1, -0.05) is 0 Å².